The van der Waals surface area contributed by atoms with Crippen molar-refractivity contribution in [2.24, 2.45) is 11.3 Å². The van der Waals surface area contributed by atoms with Crippen molar-refractivity contribution < 1.29 is 9.53 Å². The summed E-state index contributed by atoms with van der Waals surface area (Å²) in [5, 5.41) is 0. The standard InChI is InChI=1S/C12H22O2/c1-4-12(2,3)11(13)14-9-10-7-5-6-8-10/h10H,4-9H2,1-3H3. The molecule has 2 heteroatoms. The van der Waals surface area contributed by atoms with E-state index in [1.54, 1.807) is 0 Å². The van der Waals surface area contributed by atoms with Crippen LogP contribution in [0.4, 0.5) is 0 Å². The number of rotatable bonds is 4. The monoisotopic (exact) mass is 198 g/mol. The molecule has 82 valence electrons. The molecule has 0 heterocycles. The van der Waals surface area contributed by atoms with Crippen LogP contribution in [0.1, 0.15) is 52.9 Å². The number of esters is 1. The second kappa shape index (κ2) is 4.81. The smallest absolute Gasteiger partial charge is 0.311 e. The highest BCUT2D eigenvalue weighted by Gasteiger charge is 2.28. The summed E-state index contributed by atoms with van der Waals surface area (Å²) in [5.41, 5.74) is -0.307. The summed E-state index contributed by atoms with van der Waals surface area (Å²) in [6, 6.07) is 0. The summed E-state index contributed by atoms with van der Waals surface area (Å²) in [6.07, 6.45) is 5.93. The normalized spacial score (nSPS) is 18.5. The third kappa shape index (κ3) is 3.00. The zero-order chi connectivity index (χ0) is 10.6. The van der Waals surface area contributed by atoms with E-state index >= 15 is 0 Å². The Bertz CT molecular complexity index is 190. The second-order valence-corrected chi connectivity index (χ2v) is 4.99. The van der Waals surface area contributed by atoms with Crippen LogP contribution in [0.3, 0.4) is 0 Å². The van der Waals surface area contributed by atoms with Crippen molar-refractivity contribution >= 4 is 5.97 Å². The van der Waals surface area contributed by atoms with Crippen molar-refractivity contribution in [3.63, 3.8) is 0 Å². The van der Waals surface area contributed by atoms with Crippen LogP contribution in [0.5, 0.6) is 0 Å². The van der Waals surface area contributed by atoms with Crippen molar-refractivity contribution in [2.75, 3.05) is 6.61 Å². The van der Waals surface area contributed by atoms with E-state index in [2.05, 4.69) is 0 Å². The van der Waals surface area contributed by atoms with E-state index in [9.17, 15) is 4.79 Å². The lowest BCUT2D eigenvalue weighted by Crippen LogP contribution is -2.27. The van der Waals surface area contributed by atoms with E-state index < -0.39 is 0 Å². The Balaban J connectivity index is 2.26. The summed E-state index contributed by atoms with van der Waals surface area (Å²) >= 11 is 0. The van der Waals surface area contributed by atoms with Crippen LogP contribution in [0.2, 0.25) is 0 Å². The first kappa shape index (κ1) is 11.5. The average molecular weight is 198 g/mol. The molecule has 0 unspecified atom stereocenters. The lowest BCUT2D eigenvalue weighted by Gasteiger charge is -2.21. The molecule has 14 heavy (non-hydrogen) atoms. The van der Waals surface area contributed by atoms with Gasteiger partial charge in [-0.15, -0.1) is 0 Å². The van der Waals surface area contributed by atoms with Crippen LogP contribution >= 0.6 is 0 Å². The number of hydrogen-bond donors (Lipinski definition) is 0. The first-order valence-electron chi connectivity index (χ1n) is 5.73. The molecule has 0 aliphatic heterocycles. The minimum atomic E-state index is -0.307. The average Bonchev–Trinajstić information content (AvgIpc) is 2.66. The molecule has 0 aromatic rings. The largest absolute Gasteiger partial charge is 0.465 e. The Labute approximate surface area is 87.0 Å². The van der Waals surface area contributed by atoms with Crippen molar-refractivity contribution in [1.82, 2.24) is 0 Å². The third-order valence-corrected chi connectivity index (χ3v) is 3.36. The minimum Gasteiger partial charge on any atom is -0.465 e. The van der Waals surface area contributed by atoms with Gasteiger partial charge in [-0.1, -0.05) is 19.8 Å². The van der Waals surface area contributed by atoms with Gasteiger partial charge in [0.1, 0.15) is 0 Å². The molecule has 2 nitrogen and oxygen atoms in total. The number of carbonyl (C=O) groups is 1. The Morgan fingerprint density at radius 2 is 1.93 bits per heavy atom. The van der Waals surface area contributed by atoms with Gasteiger partial charge in [-0.2, -0.15) is 0 Å². The van der Waals surface area contributed by atoms with Gasteiger partial charge in [0.15, 0.2) is 0 Å². The summed E-state index contributed by atoms with van der Waals surface area (Å²) < 4.78 is 5.34. The minimum absolute atomic E-state index is 0.0353. The van der Waals surface area contributed by atoms with Gasteiger partial charge in [-0.3, -0.25) is 4.79 Å². The van der Waals surface area contributed by atoms with Crippen molar-refractivity contribution in [3.05, 3.63) is 0 Å². The molecular formula is C12H22O2. The molecule has 0 aromatic heterocycles. The van der Waals surface area contributed by atoms with Crippen LogP contribution in [0.15, 0.2) is 0 Å². The maximum atomic E-state index is 11.6. The van der Waals surface area contributed by atoms with Crippen molar-refractivity contribution in [1.29, 1.82) is 0 Å². The van der Waals surface area contributed by atoms with Crippen LogP contribution in [0.25, 0.3) is 0 Å². The van der Waals surface area contributed by atoms with Gasteiger partial charge >= 0.3 is 5.97 Å². The van der Waals surface area contributed by atoms with Crippen LogP contribution < -0.4 is 0 Å². The van der Waals surface area contributed by atoms with E-state index in [1.165, 1.54) is 25.7 Å². The third-order valence-electron chi connectivity index (χ3n) is 3.36. The quantitative estimate of drug-likeness (QED) is 0.649. The fourth-order valence-corrected chi connectivity index (χ4v) is 1.71. The zero-order valence-electron chi connectivity index (χ0n) is 9.64. The van der Waals surface area contributed by atoms with E-state index in [0.29, 0.717) is 12.5 Å². The number of carbonyl (C=O) groups excluding carboxylic acids is 1. The van der Waals surface area contributed by atoms with Gasteiger partial charge < -0.3 is 4.74 Å². The first-order valence-corrected chi connectivity index (χ1v) is 5.73. The van der Waals surface area contributed by atoms with Crippen LogP contribution in [0, 0.1) is 11.3 Å². The van der Waals surface area contributed by atoms with Crippen LogP contribution in [-0.2, 0) is 9.53 Å². The topological polar surface area (TPSA) is 26.3 Å². The molecule has 1 saturated carbocycles. The van der Waals surface area contributed by atoms with Gasteiger partial charge in [0.2, 0.25) is 0 Å². The molecule has 0 amide bonds. The van der Waals surface area contributed by atoms with E-state index in [1.807, 2.05) is 20.8 Å². The molecule has 0 atom stereocenters. The second-order valence-electron chi connectivity index (χ2n) is 4.99. The summed E-state index contributed by atoms with van der Waals surface area (Å²) in [7, 11) is 0. The molecule has 0 bridgehead atoms. The Kier molecular flexibility index (Phi) is 3.97. The Hall–Kier alpha value is -0.530. The summed E-state index contributed by atoms with van der Waals surface area (Å²) in [4.78, 5) is 11.6. The molecule has 0 spiro atoms. The Morgan fingerprint density at radius 1 is 1.36 bits per heavy atom. The van der Waals surface area contributed by atoms with Crippen LogP contribution in [-0.4, -0.2) is 12.6 Å². The molecule has 0 N–H and O–H groups in total. The molecule has 1 fully saturated rings. The van der Waals surface area contributed by atoms with Gasteiger partial charge in [-0.05, 0) is 39.0 Å². The SMILES string of the molecule is CCC(C)(C)C(=O)OCC1CCCC1. The van der Waals surface area contributed by atoms with E-state index in [0.717, 1.165) is 6.42 Å². The van der Waals surface area contributed by atoms with Gasteiger partial charge in [0, 0.05) is 0 Å². The molecular weight excluding hydrogens is 176 g/mol. The maximum absolute atomic E-state index is 11.6. The van der Waals surface area contributed by atoms with E-state index in [4.69, 9.17) is 4.74 Å². The summed E-state index contributed by atoms with van der Waals surface area (Å²) in [6.45, 7) is 6.56. The summed E-state index contributed by atoms with van der Waals surface area (Å²) in [5.74, 6) is 0.596. The highest BCUT2D eigenvalue weighted by Crippen LogP contribution is 2.27. The molecule has 0 saturated heterocycles. The van der Waals surface area contributed by atoms with Crippen molar-refractivity contribution in [3.8, 4) is 0 Å². The molecule has 0 aromatic carbocycles. The molecule has 0 radical (unpaired) electrons. The lowest BCUT2D eigenvalue weighted by atomic mass is 9.91. The maximum Gasteiger partial charge on any atom is 0.311 e. The fourth-order valence-electron chi connectivity index (χ4n) is 1.71. The predicted octanol–water partition coefficient (Wildman–Crippen LogP) is 3.16. The van der Waals surface area contributed by atoms with E-state index in [-0.39, 0.29) is 11.4 Å². The van der Waals surface area contributed by atoms with Gasteiger partial charge in [0.25, 0.3) is 0 Å². The first-order chi connectivity index (χ1) is 6.56. The highest BCUT2D eigenvalue weighted by atomic mass is 16.5. The molecule has 1 aliphatic rings. The number of hydrogen-bond acceptors (Lipinski definition) is 2. The number of ether oxygens (including phenoxy) is 1. The van der Waals surface area contributed by atoms with Gasteiger partial charge in [-0.25, -0.2) is 0 Å². The van der Waals surface area contributed by atoms with Gasteiger partial charge in [0.05, 0.1) is 12.0 Å². The predicted molar refractivity (Wildman–Crippen MR) is 57.0 cm³/mol. The highest BCUT2D eigenvalue weighted by molar-refractivity contribution is 5.75. The lowest BCUT2D eigenvalue weighted by molar-refractivity contribution is -0.155. The molecule has 1 rings (SSSR count). The fraction of sp³-hybridized carbons (Fsp3) is 0.917. The molecule has 1 aliphatic carbocycles. The zero-order valence-corrected chi connectivity index (χ0v) is 9.64. The van der Waals surface area contributed by atoms with Crippen molar-refractivity contribution in [2.45, 2.75) is 52.9 Å². The Morgan fingerprint density at radius 3 is 2.43 bits per heavy atom.